The van der Waals surface area contributed by atoms with Gasteiger partial charge in [-0.1, -0.05) is 18.6 Å². The molecule has 0 bridgehead atoms. The minimum Gasteiger partial charge on any atom is -0.480 e. The molecule has 13 heteroatoms. The lowest BCUT2D eigenvalue weighted by Gasteiger charge is -2.32. The summed E-state index contributed by atoms with van der Waals surface area (Å²) in [5, 5.41) is 19.7. The second-order valence-corrected chi connectivity index (χ2v) is 9.68. The Kier molecular flexibility index (Phi) is 9.76. The number of aliphatic carboxylic acids is 1. The topological polar surface area (TPSA) is 153 Å². The number of hydrogen-bond donors (Lipinski definition) is 5. The first-order valence-corrected chi connectivity index (χ1v) is 13.3. The zero-order valence-electron chi connectivity index (χ0n) is 22.7. The van der Waals surface area contributed by atoms with E-state index in [1.165, 1.54) is 6.07 Å². The third-order valence-electron chi connectivity index (χ3n) is 6.60. The van der Waals surface area contributed by atoms with E-state index >= 15 is 0 Å². The van der Waals surface area contributed by atoms with Crippen LogP contribution in [0.3, 0.4) is 0 Å². The van der Waals surface area contributed by atoms with Gasteiger partial charge in [0, 0.05) is 42.7 Å². The molecule has 4 rings (SSSR count). The van der Waals surface area contributed by atoms with Gasteiger partial charge in [0.1, 0.15) is 23.5 Å². The fourth-order valence-corrected chi connectivity index (χ4v) is 4.59. The predicted molar refractivity (Wildman–Crippen MR) is 151 cm³/mol. The number of aromatic nitrogens is 1. The Hall–Kier alpha value is -4.91. The van der Waals surface area contributed by atoms with Crippen molar-refractivity contribution in [1.29, 1.82) is 0 Å². The molecule has 1 unspecified atom stereocenters. The number of nitrogens with zero attached hydrogens (tertiary/aromatic N) is 2. The van der Waals surface area contributed by atoms with Crippen molar-refractivity contribution in [2.45, 2.75) is 38.8 Å². The largest absolute Gasteiger partial charge is 0.480 e. The SMILES string of the molecule is CCNC(=O)Nc1cc(NC(=O)c2cc(F)cc(F)c2)c(C(=O)Nc2ccc(CN3CCCCC3C(=O)O)cc2)cn1. The summed E-state index contributed by atoms with van der Waals surface area (Å²) in [6.45, 7) is 3.20. The van der Waals surface area contributed by atoms with Crippen molar-refractivity contribution >= 4 is 41.0 Å². The molecule has 11 nitrogen and oxygen atoms in total. The van der Waals surface area contributed by atoms with Crippen LogP contribution in [0.4, 0.5) is 30.8 Å². The molecule has 0 radical (unpaired) electrons. The Morgan fingerprint density at radius 3 is 2.33 bits per heavy atom. The number of benzene rings is 2. The predicted octanol–water partition coefficient (Wildman–Crippen LogP) is 4.44. The number of anilines is 3. The van der Waals surface area contributed by atoms with Gasteiger partial charge < -0.3 is 21.1 Å². The zero-order valence-corrected chi connectivity index (χ0v) is 22.7. The maximum Gasteiger partial charge on any atom is 0.320 e. The van der Waals surface area contributed by atoms with E-state index in [4.69, 9.17) is 0 Å². The van der Waals surface area contributed by atoms with E-state index in [2.05, 4.69) is 26.3 Å². The number of halogens is 2. The summed E-state index contributed by atoms with van der Waals surface area (Å²) in [7, 11) is 0. The summed E-state index contributed by atoms with van der Waals surface area (Å²) < 4.78 is 27.4. The number of likely N-dealkylation sites (tertiary alicyclic amines) is 1. The van der Waals surface area contributed by atoms with Crippen molar-refractivity contribution in [3.05, 3.63) is 83.1 Å². The van der Waals surface area contributed by atoms with Crippen molar-refractivity contribution in [3.8, 4) is 0 Å². The highest BCUT2D eigenvalue weighted by atomic mass is 19.1. The smallest absolute Gasteiger partial charge is 0.320 e. The summed E-state index contributed by atoms with van der Waals surface area (Å²) in [6.07, 6.45) is 3.55. The Morgan fingerprint density at radius 2 is 1.67 bits per heavy atom. The average Bonchev–Trinajstić information content (AvgIpc) is 2.94. The quantitative estimate of drug-likeness (QED) is 0.251. The molecule has 42 heavy (non-hydrogen) atoms. The number of nitrogens with one attached hydrogen (secondary N) is 4. The maximum atomic E-state index is 13.7. The number of pyridine rings is 1. The van der Waals surface area contributed by atoms with Gasteiger partial charge in [-0.25, -0.2) is 18.6 Å². The van der Waals surface area contributed by atoms with E-state index < -0.39 is 41.5 Å². The summed E-state index contributed by atoms with van der Waals surface area (Å²) in [5.74, 6) is -4.27. The van der Waals surface area contributed by atoms with E-state index in [-0.39, 0.29) is 22.6 Å². The summed E-state index contributed by atoms with van der Waals surface area (Å²) in [4.78, 5) is 55.6. The van der Waals surface area contributed by atoms with E-state index in [1.807, 2.05) is 4.90 Å². The van der Waals surface area contributed by atoms with E-state index in [9.17, 15) is 33.1 Å². The highest BCUT2D eigenvalue weighted by Gasteiger charge is 2.28. The second-order valence-electron chi connectivity index (χ2n) is 9.68. The molecule has 4 amide bonds. The number of rotatable bonds is 9. The van der Waals surface area contributed by atoms with Crippen LogP contribution < -0.4 is 21.3 Å². The number of urea groups is 1. The lowest BCUT2D eigenvalue weighted by atomic mass is 10.0. The zero-order chi connectivity index (χ0) is 30.2. The van der Waals surface area contributed by atoms with Crippen LogP contribution in [0.5, 0.6) is 0 Å². The van der Waals surface area contributed by atoms with Gasteiger partial charge in [0.15, 0.2) is 0 Å². The Labute approximate surface area is 240 Å². The second kappa shape index (κ2) is 13.6. The average molecular weight is 581 g/mol. The highest BCUT2D eigenvalue weighted by Crippen LogP contribution is 2.24. The first-order valence-electron chi connectivity index (χ1n) is 13.3. The molecule has 1 fully saturated rings. The van der Waals surface area contributed by atoms with Crippen molar-refractivity contribution in [2.75, 3.05) is 29.0 Å². The van der Waals surface area contributed by atoms with Crippen LogP contribution in [-0.2, 0) is 11.3 Å². The molecule has 0 saturated carbocycles. The third kappa shape index (κ3) is 7.85. The lowest BCUT2D eigenvalue weighted by Crippen LogP contribution is -2.43. The molecule has 1 saturated heterocycles. The number of piperidine rings is 1. The van der Waals surface area contributed by atoms with Gasteiger partial charge in [-0.2, -0.15) is 0 Å². The molecule has 1 atom stereocenters. The first kappa shape index (κ1) is 30.1. The van der Waals surface area contributed by atoms with Crippen LogP contribution in [-0.4, -0.2) is 57.9 Å². The lowest BCUT2D eigenvalue weighted by molar-refractivity contribution is -0.144. The number of carbonyl (C=O) groups excluding carboxylic acids is 3. The van der Waals surface area contributed by atoms with Crippen LogP contribution in [0.25, 0.3) is 0 Å². The molecular formula is C29H30F2N6O5. The van der Waals surface area contributed by atoms with Gasteiger partial charge in [0.05, 0.1) is 11.3 Å². The number of hydrogen-bond acceptors (Lipinski definition) is 6. The summed E-state index contributed by atoms with van der Waals surface area (Å²) in [5.41, 5.74) is 0.835. The van der Waals surface area contributed by atoms with Crippen LogP contribution in [0.1, 0.15) is 52.5 Å². The fraction of sp³-hybridized carbons (Fsp3) is 0.276. The molecule has 1 aromatic heterocycles. The highest BCUT2D eigenvalue weighted by molar-refractivity contribution is 6.12. The minimum atomic E-state index is -0.950. The van der Waals surface area contributed by atoms with Crippen molar-refractivity contribution in [2.24, 2.45) is 0 Å². The van der Waals surface area contributed by atoms with Gasteiger partial charge in [-0.15, -0.1) is 0 Å². The standard InChI is InChI=1S/C29H30F2N6O5/c1-2-32-29(42)36-25-14-23(35-26(38)18-11-19(30)13-20(31)12-18)22(15-33-25)27(39)34-21-8-6-17(7-9-21)16-37-10-4-3-5-24(37)28(40)41/h6-9,11-15,24H,2-5,10,16H2,1H3,(H,34,39)(H,40,41)(H3,32,33,35,36,38,42). The van der Waals surface area contributed by atoms with Crippen molar-refractivity contribution in [3.63, 3.8) is 0 Å². The molecule has 0 aliphatic carbocycles. The van der Waals surface area contributed by atoms with Crippen LogP contribution in [0.2, 0.25) is 0 Å². The van der Waals surface area contributed by atoms with Crippen LogP contribution >= 0.6 is 0 Å². The normalized spacial score (nSPS) is 15.0. The number of carbonyl (C=O) groups is 4. The molecule has 1 aliphatic rings. The van der Waals surface area contributed by atoms with Crippen molar-refractivity contribution in [1.82, 2.24) is 15.2 Å². The van der Waals surface area contributed by atoms with Crippen LogP contribution in [0.15, 0.2) is 54.7 Å². The van der Waals surface area contributed by atoms with Crippen LogP contribution in [0, 0.1) is 11.6 Å². The molecule has 2 heterocycles. The molecule has 2 aromatic carbocycles. The van der Waals surface area contributed by atoms with Crippen molar-refractivity contribution < 1.29 is 33.1 Å². The Bertz CT molecular complexity index is 1460. The molecule has 0 spiro atoms. The third-order valence-corrected chi connectivity index (χ3v) is 6.60. The molecule has 1 aliphatic heterocycles. The fourth-order valence-electron chi connectivity index (χ4n) is 4.59. The first-order chi connectivity index (χ1) is 20.1. The minimum absolute atomic E-state index is 0.0138. The molecule has 5 N–H and O–H groups in total. The number of amides is 4. The van der Waals surface area contributed by atoms with Gasteiger partial charge in [-0.3, -0.25) is 24.6 Å². The van der Waals surface area contributed by atoms with E-state index in [1.54, 1.807) is 31.2 Å². The van der Waals surface area contributed by atoms with Gasteiger partial charge in [0.2, 0.25) is 0 Å². The number of carboxylic acids is 1. The molecule has 220 valence electrons. The van der Waals surface area contributed by atoms with Gasteiger partial charge in [-0.05, 0) is 56.1 Å². The monoisotopic (exact) mass is 580 g/mol. The summed E-state index contributed by atoms with van der Waals surface area (Å²) in [6, 6.07) is 9.35. The summed E-state index contributed by atoms with van der Waals surface area (Å²) >= 11 is 0. The number of carboxylic acid groups (broad SMARTS) is 1. The molecular weight excluding hydrogens is 550 g/mol. The Morgan fingerprint density at radius 1 is 0.952 bits per heavy atom. The maximum absolute atomic E-state index is 13.7. The van der Waals surface area contributed by atoms with Gasteiger partial charge >= 0.3 is 12.0 Å². The van der Waals surface area contributed by atoms with E-state index in [0.717, 1.165) is 36.7 Å². The van der Waals surface area contributed by atoms with E-state index in [0.29, 0.717) is 37.8 Å². The van der Waals surface area contributed by atoms with Gasteiger partial charge in [0.25, 0.3) is 11.8 Å². The Balaban J connectivity index is 1.52. The molecule has 3 aromatic rings.